The Balaban J connectivity index is 1.89. The van der Waals surface area contributed by atoms with Crippen molar-refractivity contribution < 1.29 is 14.3 Å². The molecule has 0 radical (unpaired) electrons. The number of ether oxygens (including phenoxy) is 1. The van der Waals surface area contributed by atoms with Crippen molar-refractivity contribution in [2.45, 2.75) is 13.8 Å². The minimum atomic E-state index is -0.199. The molecule has 142 valence electrons. The second kappa shape index (κ2) is 10.0. The van der Waals surface area contributed by atoms with Crippen molar-refractivity contribution in [3.63, 3.8) is 0 Å². The molecule has 0 unspecified atom stereocenters. The first kappa shape index (κ1) is 20.0. The highest BCUT2D eigenvalue weighted by Crippen LogP contribution is 2.23. The molecule has 6 heteroatoms. The van der Waals surface area contributed by atoms with Crippen LogP contribution in [0.2, 0.25) is 0 Å². The van der Waals surface area contributed by atoms with Gasteiger partial charge in [0, 0.05) is 17.8 Å². The van der Waals surface area contributed by atoms with E-state index in [9.17, 15) is 9.59 Å². The van der Waals surface area contributed by atoms with Gasteiger partial charge in [-0.1, -0.05) is 18.7 Å². The predicted molar refractivity (Wildman–Crippen MR) is 108 cm³/mol. The maximum absolute atomic E-state index is 12.2. The third-order valence-electron chi connectivity index (χ3n) is 3.57. The summed E-state index contributed by atoms with van der Waals surface area (Å²) in [5, 5.41) is 8.59. The van der Waals surface area contributed by atoms with Crippen molar-refractivity contribution in [3.05, 3.63) is 66.2 Å². The van der Waals surface area contributed by atoms with E-state index in [4.69, 9.17) is 4.74 Å². The van der Waals surface area contributed by atoms with E-state index in [2.05, 4.69) is 22.5 Å². The van der Waals surface area contributed by atoms with E-state index in [1.807, 2.05) is 38.1 Å². The molecular formula is C21H25N3O3. The van der Waals surface area contributed by atoms with Crippen molar-refractivity contribution in [2.24, 2.45) is 0 Å². The van der Waals surface area contributed by atoms with Gasteiger partial charge < -0.3 is 20.7 Å². The first-order valence-corrected chi connectivity index (χ1v) is 8.77. The topological polar surface area (TPSA) is 79.5 Å². The molecule has 2 aromatic rings. The number of anilines is 2. The molecule has 0 aliphatic heterocycles. The lowest BCUT2D eigenvalue weighted by molar-refractivity contribution is -0.114. The van der Waals surface area contributed by atoms with Crippen molar-refractivity contribution in [3.8, 4) is 5.75 Å². The maximum Gasteiger partial charge on any atom is 0.251 e. The smallest absolute Gasteiger partial charge is 0.251 e. The molecule has 0 fully saturated rings. The van der Waals surface area contributed by atoms with Crippen LogP contribution in [0.15, 0.2) is 60.7 Å². The fourth-order valence-corrected chi connectivity index (χ4v) is 2.29. The van der Waals surface area contributed by atoms with Gasteiger partial charge in [0.2, 0.25) is 5.91 Å². The standard InChI is InChI=1S/C21H25N3O3/c1-4-22-21(26)16-9-11-17(12-10-16)24-20(25)13-23-18-7-5-6-8-19(18)27-14-15(2)3/h5-12,23H,2,4,13-14H2,1,3H3,(H,22,26)(H,24,25). The Labute approximate surface area is 159 Å². The Hall–Kier alpha value is -3.28. The van der Waals surface area contributed by atoms with E-state index in [0.717, 1.165) is 11.3 Å². The van der Waals surface area contributed by atoms with E-state index in [1.165, 1.54) is 0 Å². The summed E-state index contributed by atoms with van der Waals surface area (Å²) in [6, 6.07) is 14.2. The minimum absolute atomic E-state index is 0.0888. The summed E-state index contributed by atoms with van der Waals surface area (Å²) >= 11 is 0. The second-order valence-corrected chi connectivity index (χ2v) is 6.08. The highest BCUT2D eigenvalue weighted by atomic mass is 16.5. The van der Waals surface area contributed by atoms with Gasteiger partial charge in [-0.15, -0.1) is 0 Å². The van der Waals surface area contributed by atoms with E-state index in [1.54, 1.807) is 24.3 Å². The summed E-state index contributed by atoms with van der Waals surface area (Å²) in [5.74, 6) is 0.332. The van der Waals surface area contributed by atoms with Crippen molar-refractivity contribution >= 4 is 23.2 Å². The first-order valence-electron chi connectivity index (χ1n) is 8.77. The number of benzene rings is 2. The second-order valence-electron chi connectivity index (χ2n) is 6.08. The molecule has 0 atom stereocenters. The quantitative estimate of drug-likeness (QED) is 0.593. The van der Waals surface area contributed by atoms with E-state index < -0.39 is 0 Å². The van der Waals surface area contributed by atoms with Crippen LogP contribution in [-0.4, -0.2) is 31.5 Å². The molecule has 0 saturated carbocycles. The summed E-state index contributed by atoms with van der Waals surface area (Å²) in [6.45, 7) is 8.64. The number of hydrogen-bond acceptors (Lipinski definition) is 4. The Morgan fingerprint density at radius 3 is 2.44 bits per heavy atom. The molecule has 0 spiro atoms. The van der Waals surface area contributed by atoms with Crippen LogP contribution < -0.4 is 20.7 Å². The van der Waals surface area contributed by atoms with Gasteiger partial charge in [0.15, 0.2) is 0 Å². The number of hydrogen-bond donors (Lipinski definition) is 3. The van der Waals surface area contributed by atoms with Crippen molar-refractivity contribution in [1.29, 1.82) is 0 Å². The Morgan fingerprint density at radius 1 is 1.07 bits per heavy atom. The number of carbonyl (C=O) groups is 2. The number of para-hydroxylation sites is 2. The lowest BCUT2D eigenvalue weighted by Gasteiger charge is -2.13. The fraction of sp³-hybridized carbons (Fsp3) is 0.238. The molecule has 0 aromatic heterocycles. The minimum Gasteiger partial charge on any atom is -0.487 e. The zero-order valence-corrected chi connectivity index (χ0v) is 15.7. The molecule has 2 amide bonds. The van der Waals surface area contributed by atoms with E-state index in [0.29, 0.717) is 30.2 Å². The van der Waals surface area contributed by atoms with Crippen molar-refractivity contribution in [1.82, 2.24) is 5.32 Å². The number of amides is 2. The fourth-order valence-electron chi connectivity index (χ4n) is 2.29. The van der Waals surface area contributed by atoms with Gasteiger partial charge in [-0.3, -0.25) is 9.59 Å². The predicted octanol–water partition coefficient (Wildman–Crippen LogP) is 3.44. The van der Waals surface area contributed by atoms with Gasteiger partial charge in [-0.25, -0.2) is 0 Å². The van der Waals surface area contributed by atoms with Gasteiger partial charge in [-0.05, 0) is 55.8 Å². The van der Waals surface area contributed by atoms with Gasteiger partial charge in [-0.2, -0.15) is 0 Å². The zero-order valence-electron chi connectivity index (χ0n) is 15.7. The normalized spacial score (nSPS) is 10.0. The average Bonchev–Trinajstić information content (AvgIpc) is 2.66. The summed E-state index contributed by atoms with van der Waals surface area (Å²) < 4.78 is 5.67. The molecular weight excluding hydrogens is 342 g/mol. The molecule has 0 bridgehead atoms. The van der Waals surface area contributed by atoms with Crippen LogP contribution in [0, 0.1) is 0 Å². The largest absolute Gasteiger partial charge is 0.487 e. The molecule has 3 N–H and O–H groups in total. The van der Waals surface area contributed by atoms with E-state index in [-0.39, 0.29) is 18.4 Å². The zero-order chi connectivity index (χ0) is 19.6. The Bertz CT molecular complexity index is 801. The lowest BCUT2D eigenvalue weighted by Crippen LogP contribution is -2.23. The summed E-state index contributed by atoms with van der Waals surface area (Å²) in [7, 11) is 0. The molecule has 27 heavy (non-hydrogen) atoms. The number of rotatable bonds is 9. The molecule has 2 rings (SSSR count). The third-order valence-corrected chi connectivity index (χ3v) is 3.57. The molecule has 0 saturated heterocycles. The molecule has 0 aliphatic rings. The van der Waals surface area contributed by atoms with E-state index >= 15 is 0 Å². The molecule has 0 aliphatic carbocycles. The van der Waals surface area contributed by atoms with Crippen molar-refractivity contribution in [2.75, 3.05) is 30.3 Å². The first-order chi connectivity index (χ1) is 13.0. The lowest BCUT2D eigenvalue weighted by atomic mass is 10.2. The van der Waals surface area contributed by atoms with Gasteiger partial charge >= 0.3 is 0 Å². The van der Waals surface area contributed by atoms with Crippen LogP contribution in [0.25, 0.3) is 0 Å². The highest BCUT2D eigenvalue weighted by Gasteiger charge is 2.08. The molecule has 0 heterocycles. The van der Waals surface area contributed by atoms with Crippen LogP contribution >= 0.6 is 0 Å². The maximum atomic E-state index is 12.2. The SMILES string of the molecule is C=C(C)COc1ccccc1NCC(=O)Nc1ccc(C(=O)NCC)cc1. The van der Waals surface area contributed by atoms with Crippen LogP contribution in [0.5, 0.6) is 5.75 Å². The summed E-state index contributed by atoms with van der Waals surface area (Å²) in [4.78, 5) is 23.9. The van der Waals surface area contributed by atoms with Gasteiger partial charge in [0.05, 0.1) is 12.2 Å². The Kier molecular flexibility index (Phi) is 7.43. The summed E-state index contributed by atoms with van der Waals surface area (Å²) in [6.07, 6.45) is 0. The van der Waals surface area contributed by atoms with Crippen LogP contribution in [0.3, 0.4) is 0 Å². The summed E-state index contributed by atoms with van der Waals surface area (Å²) in [5.41, 5.74) is 2.83. The molecule has 2 aromatic carbocycles. The van der Waals surface area contributed by atoms with Crippen LogP contribution in [0.4, 0.5) is 11.4 Å². The van der Waals surface area contributed by atoms with Crippen LogP contribution in [-0.2, 0) is 4.79 Å². The Morgan fingerprint density at radius 2 is 1.78 bits per heavy atom. The number of nitrogens with one attached hydrogen (secondary N) is 3. The van der Waals surface area contributed by atoms with Gasteiger partial charge in [0.25, 0.3) is 5.91 Å². The molecule has 6 nitrogen and oxygen atoms in total. The average molecular weight is 367 g/mol. The highest BCUT2D eigenvalue weighted by molar-refractivity contribution is 5.96. The third kappa shape index (κ3) is 6.51. The van der Waals surface area contributed by atoms with Crippen LogP contribution in [0.1, 0.15) is 24.2 Å². The number of carbonyl (C=O) groups excluding carboxylic acids is 2. The van der Waals surface area contributed by atoms with Gasteiger partial charge in [0.1, 0.15) is 12.4 Å². The monoisotopic (exact) mass is 367 g/mol.